The lowest BCUT2D eigenvalue weighted by Gasteiger charge is -2.27. The molecule has 100 valence electrons. The Morgan fingerprint density at radius 3 is 2.84 bits per heavy atom. The summed E-state index contributed by atoms with van der Waals surface area (Å²) in [5, 5.41) is 14.8. The maximum absolute atomic E-state index is 12.1. The van der Waals surface area contributed by atoms with Gasteiger partial charge in [-0.2, -0.15) is 5.26 Å². The number of carbonyl (C=O) groups excluding carboxylic acids is 1. The predicted octanol–water partition coefficient (Wildman–Crippen LogP) is 2.08. The Labute approximate surface area is 113 Å². The number of carbonyl (C=O) groups is 1. The molecule has 2 N–H and O–H groups in total. The van der Waals surface area contributed by atoms with Crippen LogP contribution in [0.15, 0.2) is 24.3 Å². The minimum atomic E-state index is -0.0949. The van der Waals surface area contributed by atoms with Gasteiger partial charge in [0.25, 0.3) is 0 Å². The summed E-state index contributed by atoms with van der Waals surface area (Å²) in [6, 6.07) is 9.44. The van der Waals surface area contributed by atoms with Crippen molar-refractivity contribution in [3.05, 3.63) is 29.8 Å². The van der Waals surface area contributed by atoms with Crippen LogP contribution in [-0.2, 0) is 11.2 Å². The molecule has 2 rings (SSSR count). The van der Waals surface area contributed by atoms with E-state index in [1.165, 1.54) is 0 Å². The van der Waals surface area contributed by atoms with Crippen molar-refractivity contribution < 1.29 is 4.79 Å². The number of benzene rings is 1. The fourth-order valence-electron chi connectivity index (χ4n) is 2.33. The number of hydrogen-bond acceptors (Lipinski definition) is 3. The molecule has 1 aliphatic rings. The highest BCUT2D eigenvalue weighted by Gasteiger charge is 2.24. The maximum atomic E-state index is 12.1. The van der Waals surface area contributed by atoms with Gasteiger partial charge >= 0.3 is 0 Å². The Morgan fingerprint density at radius 1 is 1.47 bits per heavy atom. The van der Waals surface area contributed by atoms with Crippen LogP contribution in [-0.4, -0.2) is 18.5 Å². The summed E-state index contributed by atoms with van der Waals surface area (Å²) in [6.07, 6.45) is 2.42. The molecule has 0 radical (unpaired) electrons. The Morgan fingerprint density at radius 2 is 2.21 bits per heavy atom. The van der Waals surface area contributed by atoms with Crippen molar-refractivity contribution >= 4 is 11.6 Å². The first-order valence-corrected chi connectivity index (χ1v) is 6.69. The van der Waals surface area contributed by atoms with Crippen molar-refractivity contribution in [2.45, 2.75) is 32.2 Å². The lowest BCUT2D eigenvalue weighted by Crippen LogP contribution is -2.45. The van der Waals surface area contributed by atoms with Crippen LogP contribution >= 0.6 is 0 Å². The van der Waals surface area contributed by atoms with Crippen LogP contribution in [0.1, 0.15) is 25.3 Å². The van der Waals surface area contributed by atoms with Crippen LogP contribution in [0.25, 0.3) is 0 Å². The minimum absolute atomic E-state index is 0.0274. The Balaban J connectivity index is 1.93. The molecular weight excluding hydrogens is 238 g/mol. The summed E-state index contributed by atoms with van der Waals surface area (Å²) in [6.45, 7) is 3.08. The average molecular weight is 257 g/mol. The predicted molar refractivity (Wildman–Crippen MR) is 74.6 cm³/mol. The van der Waals surface area contributed by atoms with E-state index in [1.807, 2.05) is 24.3 Å². The fourth-order valence-corrected chi connectivity index (χ4v) is 2.33. The van der Waals surface area contributed by atoms with Crippen molar-refractivity contribution in [1.29, 1.82) is 5.26 Å². The molecule has 4 heteroatoms. The highest BCUT2D eigenvalue weighted by atomic mass is 16.2. The van der Waals surface area contributed by atoms with Crippen LogP contribution in [0.2, 0.25) is 0 Å². The summed E-state index contributed by atoms with van der Waals surface area (Å²) in [4.78, 5) is 12.1. The molecule has 0 saturated carbocycles. The van der Waals surface area contributed by atoms with Crippen LogP contribution < -0.4 is 10.6 Å². The lowest BCUT2D eigenvalue weighted by molar-refractivity contribution is -0.119. The molecule has 1 heterocycles. The summed E-state index contributed by atoms with van der Waals surface area (Å²) in [5.41, 5.74) is 1.75. The first kappa shape index (κ1) is 13.6. The summed E-state index contributed by atoms with van der Waals surface area (Å²) in [7, 11) is 0. The number of nitrogens with one attached hydrogen (secondary N) is 2. The Hall–Kier alpha value is -1.86. The second-order valence-corrected chi connectivity index (χ2v) is 5.16. The van der Waals surface area contributed by atoms with Crippen molar-refractivity contribution in [2.24, 2.45) is 5.92 Å². The molecule has 0 aliphatic carbocycles. The molecule has 1 aromatic carbocycles. The van der Waals surface area contributed by atoms with Crippen LogP contribution in [0.4, 0.5) is 5.69 Å². The highest BCUT2D eigenvalue weighted by Crippen LogP contribution is 2.17. The van der Waals surface area contributed by atoms with Gasteiger partial charge in [0.1, 0.15) is 0 Å². The summed E-state index contributed by atoms with van der Waals surface area (Å²) >= 11 is 0. The second kappa shape index (κ2) is 6.35. The number of piperidine rings is 1. The molecule has 4 nitrogen and oxygen atoms in total. The van der Waals surface area contributed by atoms with E-state index in [0.717, 1.165) is 30.6 Å². The van der Waals surface area contributed by atoms with Gasteiger partial charge in [0.05, 0.1) is 18.5 Å². The van der Waals surface area contributed by atoms with Gasteiger partial charge in [-0.15, -0.1) is 0 Å². The Kier molecular flexibility index (Phi) is 4.53. The third-order valence-electron chi connectivity index (χ3n) is 3.49. The molecular formula is C15H19N3O. The average Bonchev–Trinajstić information content (AvgIpc) is 2.41. The molecule has 1 aromatic rings. The molecule has 1 saturated heterocycles. The van der Waals surface area contributed by atoms with Crippen molar-refractivity contribution in [3.8, 4) is 6.07 Å². The number of nitriles is 1. The standard InChI is InChI=1S/C15H19N3O/c1-11-7-9-17-14(10-11)15(19)18-13-4-2-12(3-5-13)6-8-16/h2-5,11,14,17H,6-7,9-10H2,1H3,(H,18,19). The molecule has 0 aromatic heterocycles. The Bertz CT molecular complexity index is 475. The van der Waals surface area contributed by atoms with Crippen molar-refractivity contribution in [2.75, 3.05) is 11.9 Å². The zero-order chi connectivity index (χ0) is 13.7. The van der Waals surface area contributed by atoms with Crippen LogP contribution in [0.5, 0.6) is 0 Å². The van der Waals surface area contributed by atoms with Gasteiger partial charge in [0.15, 0.2) is 0 Å². The molecule has 2 unspecified atom stereocenters. The van der Waals surface area contributed by atoms with Gasteiger partial charge in [0, 0.05) is 5.69 Å². The topological polar surface area (TPSA) is 64.9 Å². The largest absolute Gasteiger partial charge is 0.325 e. The van der Waals surface area contributed by atoms with Gasteiger partial charge in [-0.05, 0) is 43.0 Å². The van der Waals surface area contributed by atoms with Gasteiger partial charge in [0.2, 0.25) is 5.91 Å². The van der Waals surface area contributed by atoms with Gasteiger partial charge in [-0.1, -0.05) is 19.1 Å². The van der Waals surface area contributed by atoms with E-state index in [0.29, 0.717) is 12.3 Å². The van der Waals surface area contributed by atoms with Gasteiger partial charge in [-0.25, -0.2) is 0 Å². The summed E-state index contributed by atoms with van der Waals surface area (Å²) in [5.74, 6) is 0.620. The van der Waals surface area contributed by atoms with E-state index in [4.69, 9.17) is 5.26 Å². The molecule has 0 bridgehead atoms. The van der Waals surface area contributed by atoms with E-state index in [2.05, 4.69) is 23.6 Å². The monoisotopic (exact) mass is 257 g/mol. The third-order valence-corrected chi connectivity index (χ3v) is 3.49. The number of nitrogens with zero attached hydrogens (tertiary/aromatic N) is 1. The maximum Gasteiger partial charge on any atom is 0.241 e. The highest BCUT2D eigenvalue weighted by molar-refractivity contribution is 5.94. The van der Waals surface area contributed by atoms with Gasteiger partial charge < -0.3 is 10.6 Å². The molecule has 0 spiro atoms. The summed E-state index contributed by atoms with van der Waals surface area (Å²) < 4.78 is 0. The molecule has 1 aliphatic heterocycles. The van der Waals surface area contributed by atoms with Crippen LogP contribution in [0.3, 0.4) is 0 Å². The quantitative estimate of drug-likeness (QED) is 0.871. The number of rotatable bonds is 3. The third kappa shape index (κ3) is 3.80. The fraction of sp³-hybridized carbons (Fsp3) is 0.467. The number of amides is 1. The molecule has 1 fully saturated rings. The van der Waals surface area contributed by atoms with E-state index < -0.39 is 0 Å². The molecule has 2 atom stereocenters. The van der Waals surface area contributed by atoms with Crippen molar-refractivity contribution in [1.82, 2.24) is 5.32 Å². The van der Waals surface area contributed by atoms with E-state index >= 15 is 0 Å². The van der Waals surface area contributed by atoms with Crippen LogP contribution in [0, 0.1) is 17.2 Å². The van der Waals surface area contributed by atoms with Gasteiger partial charge in [-0.3, -0.25) is 4.79 Å². The zero-order valence-electron chi connectivity index (χ0n) is 11.1. The minimum Gasteiger partial charge on any atom is -0.325 e. The molecule has 1 amide bonds. The zero-order valence-corrected chi connectivity index (χ0v) is 11.1. The second-order valence-electron chi connectivity index (χ2n) is 5.16. The SMILES string of the molecule is CC1CCNC(C(=O)Nc2ccc(CC#N)cc2)C1. The lowest BCUT2D eigenvalue weighted by atomic mass is 9.94. The normalized spacial score (nSPS) is 22.5. The number of hydrogen-bond donors (Lipinski definition) is 2. The van der Waals surface area contributed by atoms with E-state index in [-0.39, 0.29) is 11.9 Å². The van der Waals surface area contributed by atoms with E-state index in [1.54, 1.807) is 0 Å². The van der Waals surface area contributed by atoms with Crippen molar-refractivity contribution in [3.63, 3.8) is 0 Å². The van der Waals surface area contributed by atoms with E-state index in [9.17, 15) is 4.79 Å². The first-order valence-electron chi connectivity index (χ1n) is 6.69. The first-order chi connectivity index (χ1) is 9.19. The smallest absolute Gasteiger partial charge is 0.241 e. The molecule has 19 heavy (non-hydrogen) atoms. The number of anilines is 1.